The van der Waals surface area contributed by atoms with Crippen molar-refractivity contribution in [2.75, 3.05) is 44.8 Å². The maximum Gasteiger partial charge on any atom is 0.225 e. The van der Waals surface area contributed by atoms with Gasteiger partial charge in [0.05, 0.1) is 30.6 Å². The third-order valence-electron chi connectivity index (χ3n) is 6.64. The van der Waals surface area contributed by atoms with Crippen molar-refractivity contribution in [2.24, 2.45) is 11.8 Å². The van der Waals surface area contributed by atoms with E-state index in [0.717, 1.165) is 56.2 Å². The van der Waals surface area contributed by atoms with Crippen LogP contribution in [0.5, 0.6) is 11.8 Å². The third-order valence-corrected chi connectivity index (χ3v) is 7.11. The van der Waals surface area contributed by atoms with Gasteiger partial charge in [-0.15, -0.1) is 0 Å². The van der Waals surface area contributed by atoms with Crippen LogP contribution in [0.15, 0.2) is 67.0 Å². The first-order valence-corrected chi connectivity index (χ1v) is 13.3. The molecule has 0 spiro atoms. The molecule has 0 N–H and O–H groups in total. The normalized spacial score (nSPS) is 17.6. The van der Waals surface area contributed by atoms with Crippen LogP contribution in [-0.4, -0.2) is 60.7 Å². The molecular weight excluding hydrogens is 511 g/mol. The molecule has 2 fully saturated rings. The van der Waals surface area contributed by atoms with E-state index in [2.05, 4.69) is 14.9 Å². The molecule has 0 aliphatic carbocycles. The summed E-state index contributed by atoms with van der Waals surface area (Å²) in [6.45, 7) is 3.87. The zero-order valence-electron chi connectivity index (χ0n) is 20.9. The molecule has 0 saturated carbocycles. The van der Waals surface area contributed by atoms with Crippen molar-refractivity contribution in [3.05, 3.63) is 77.0 Å². The molecule has 1 unspecified atom stereocenters. The standard InChI is InChI=1S/C22H27ClN4O3.C6H5Cl/c1-29-20-5-3-19(13-25-20)26-10-7-17(8-11-26)22(28)27-9-6-16(14-27)15-30-21-4-2-18(23)12-24-21;7-6-4-2-1-3-5-6/h2-5,12-13,16-17H,6-11,14-15H2,1H3;1-5H. The Hall–Kier alpha value is -3.03. The lowest BCUT2D eigenvalue weighted by Gasteiger charge is -2.34. The van der Waals surface area contributed by atoms with E-state index in [0.29, 0.717) is 29.3 Å². The predicted octanol–water partition coefficient (Wildman–Crippen LogP) is 5.62. The topological polar surface area (TPSA) is 67.8 Å². The molecule has 4 heterocycles. The van der Waals surface area contributed by atoms with Gasteiger partial charge in [-0.25, -0.2) is 9.97 Å². The van der Waals surface area contributed by atoms with Crippen molar-refractivity contribution in [3.8, 4) is 11.8 Å². The highest BCUT2D eigenvalue weighted by molar-refractivity contribution is 6.30. The van der Waals surface area contributed by atoms with Crippen molar-refractivity contribution in [1.29, 1.82) is 0 Å². The molecule has 2 aromatic heterocycles. The van der Waals surface area contributed by atoms with Crippen LogP contribution in [0.3, 0.4) is 0 Å². The molecule has 37 heavy (non-hydrogen) atoms. The molecule has 1 aromatic carbocycles. The monoisotopic (exact) mass is 542 g/mol. The Morgan fingerprint density at radius 2 is 1.62 bits per heavy atom. The van der Waals surface area contributed by atoms with Crippen molar-refractivity contribution >= 4 is 34.8 Å². The second-order valence-corrected chi connectivity index (χ2v) is 10.1. The van der Waals surface area contributed by atoms with Gasteiger partial charge in [-0.1, -0.05) is 41.4 Å². The van der Waals surface area contributed by atoms with Gasteiger partial charge in [0.2, 0.25) is 17.7 Å². The number of rotatable bonds is 6. The van der Waals surface area contributed by atoms with Crippen LogP contribution in [0.4, 0.5) is 5.69 Å². The number of nitrogens with zero attached hydrogens (tertiary/aromatic N) is 4. The van der Waals surface area contributed by atoms with E-state index < -0.39 is 0 Å². The summed E-state index contributed by atoms with van der Waals surface area (Å²) < 4.78 is 10.9. The van der Waals surface area contributed by atoms with Crippen molar-refractivity contribution in [3.63, 3.8) is 0 Å². The van der Waals surface area contributed by atoms with Gasteiger partial charge in [0.25, 0.3) is 0 Å². The number of hydrogen-bond acceptors (Lipinski definition) is 6. The number of likely N-dealkylation sites (tertiary alicyclic amines) is 1. The number of methoxy groups -OCH3 is 1. The lowest BCUT2D eigenvalue weighted by molar-refractivity contribution is -0.135. The number of amides is 1. The fraction of sp³-hybridized carbons (Fsp3) is 0.393. The first-order valence-electron chi connectivity index (χ1n) is 12.5. The van der Waals surface area contributed by atoms with E-state index in [9.17, 15) is 4.79 Å². The van der Waals surface area contributed by atoms with Crippen LogP contribution in [-0.2, 0) is 4.79 Å². The number of carbonyl (C=O) groups is 1. The highest BCUT2D eigenvalue weighted by Crippen LogP contribution is 2.27. The molecule has 2 saturated heterocycles. The number of hydrogen-bond donors (Lipinski definition) is 0. The number of carbonyl (C=O) groups excluding carboxylic acids is 1. The molecule has 7 nitrogen and oxygen atoms in total. The van der Waals surface area contributed by atoms with Gasteiger partial charge in [0, 0.05) is 61.4 Å². The largest absolute Gasteiger partial charge is 0.481 e. The molecule has 5 rings (SSSR count). The van der Waals surface area contributed by atoms with E-state index in [1.807, 2.05) is 53.6 Å². The predicted molar refractivity (Wildman–Crippen MR) is 147 cm³/mol. The summed E-state index contributed by atoms with van der Waals surface area (Å²) in [5, 5.41) is 1.39. The van der Waals surface area contributed by atoms with Gasteiger partial charge >= 0.3 is 0 Å². The summed E-state index contributed by atoms with van der Waals surface area (Å²) in [5.74, 6) is 1.92. The van der Waals surface area contributed by atoms with E-state index in [1.165, 1.54) is 0 Å². The SMILES string of the molecule is COc1ccc(N2CCC(C(=O)N3CCC(COc4ccc(Cl)cn4)C3)CC2)cn1.Clc1ccccc1. The smallest absolute Gasteiger partial charge is 0.225 e. The first kappa shape index (κ1) is 27.0. The molecule has 0 bridgehead atoms. The van der Waals surface area contributed by atoms with Crippen LogP contribution >= 0.6 is 23.2 Å². The third kappa shape index (κ3) is 7.98. The van der Waals surface area contributed by atoms with Crippen molar-refractivity contribution in [2.45, 2.75) is 19.3 Å². The van der Waals surface area contributed by atoms with E-state index in [1.54, 1.807) is 25.4 Å². The average molecular weight is 543 g/mol. The summed E-state index contributed by atoms with van der Waals surface area (Å²) in [5.41, 5.74) is 1.08. The number of aromatic nitrogens is 2. The highest BCUT2D eigenvalue weighted by atomic mass is 35.5. The molecule has 9 heteroatoms. The summed E-state index contributed by atoms with van der Waals surface area (Å²) >= 11 is 11.4. The fourth-order valence-corrected chi connectivity index (χ4v) is 4.81. The van der Waals surface area contributed by atoms with Gasteiger partial charge < -0.3 is 19.3 Å². The Bertz CT molecular complexity index is 1110. The fourth-order valence-electron chi connectivity index (χ4n) is 4.56. The number of ether oxygens (including phenoxy) is 2. The van der Waals surface area contributed by atoms with Crippen LogP contribution in [0.1, 0.15) is 19.3 Å². The van der Waals surface area contributed by atoms with Gasteiger partial charge in [0.1, 0.15) is 0 Å². The molecule has 2 aliphatic rings. The molecule has 1 atom stereocenters. The Kier molecular flexibility index (Phi) is 9.85. The molecule has 0 radical (unpaired) electrons. The average Bonchev–Trinajstić information content (AvgIpc) is 3.42. The summed E-state index contributed by atoms with van der Waals surface area (Å²) in [4.78, 5) is 25.7. The zero-order valence-corrected chi connectivity index (χ0v) is 22.4. The molecule has 3 aromatic rings. The van der Waals surface area contributed by atoms with Crippen LogP contribution < -0.4 is 14.4 Å². The van der Waals surface area contributed by atoms with Crippen LogP contribution in [0, 0.1) is 11.8 Å². The minimum Gasteiger partial charge on any atom is -0.481 e. The number of pyridine rings is 2. The zero-order chi connectivity index (χ0) is 26.0. The van der Waals surface area contributed by atoms with Crippen LogP contribution in [0.25, 0.3) is 0 Å². The Balaban J connectivity index is 0.000000396. The second kappa shape index (κ2) is 13.5. The quantitative estimate of drug-likeness (QED) is 0.402. The van der Waals surface area contributed by atoms with E-state index >= 15 is 0 Å². The maximum atomic E-state index is 13.0. The molecule has 2 aliphatic heterocycles. The Morgan fingerprint density at radius 3 is 2.22 bits per heavy atom. The summed E-state index contributed by atoms with van der Waals surface area (Å²) in [6.07, 6.45) is 6.13. The van der Waals surface area contributed by atoms with Gasteiger partial charge in [-0.2, -0.15) is 0 Å². The van der Waals surface area contributed by atoms with E-state index in [-0.39, 0.29) is 11.8 Å². The summed E-state index contributed by atoms with van der Waals surface area (Å²) in [6, 6.07) is 16.9. The van der Waals surface area contributed by atoms with E-state index in [4.69, 9.17) is 32.7 Å². The number of anilines is 1. The van der Waals surface area contributed by atoms with Gasteiger partial charge in [-0.3, -0.25) is 4.79 Å². The van der Waals surface area contributed by atoms with Crippen LogP contribution in [0.2, 0.25) is 10.0 Å². The lowest BCUT2D eigenvalue weighted by Crippen LogP contribution is -2.42. The highest BCUT2D eigenvalue weighted by Gasteiger charge is 2.33. The number of piperidine rings is 1. The number of benzene rings is 1. The number of halogens is 2. The first-order chi connectivity index (χ1) is 18.0. The summed E-state index contributed by atoms with van der Waals surface area (Å²) in [7, 11) is 1.61. The lowest BCUT2D eigenvalue weighted by atomic mass is 9.95. The molecule has 1 amide bonds. The minimum absolute atomic E-state index is 0.102. The molecule has 196 valence electrons. The second-order valence-electron chi connectivity index (χ2n) is 9.18. The van der Waals surface area contributed by atoms with Crippen molar-refractivity contribution < 1.29 is 14.3 Å². The van der Waals surface area contributed by atoms with Gasteiger partial charge in [0.15, 0.2) is 0 Å². The maximum absolute atomic E-state index is 13.0. The minimum atomic E-state index is 0.102. The Morgan fingerprint density at radius 1 is 0.892 bits per heavy atom. The Labute approximate surface area is 228 Å². The van der Waals surface area contributed by atoms with Crippen molar-refractivity contribution in [1.82, 2.24) is 14.9 Å². The van der Waals surface area contributed by atoms with Gasteiger partial charge in [-0.05, 0) is 43.5 Å². The molecular formula is C28H32Cl2N4O3.